The van der Waals surface area contributed by atoms with Gasteiger partial charge in [0.1, 0.15) is 5.82 Å². The summed E-state index contributed by atoms with van der Waals surface area (Å²) in [5.74, 6) is -0.603. The number of hydrogen-bond acceptors (Lipinski definition) is 2. The standard InChI is InChI=1S/C14H18FNO2/c1-9-6-7-16(8-12(9)17)14(18)11-5-3-4-10(2)13(11)15/h3-5,9,12,17H,6-8H2,1-2H3. The number of aliphatic hydroxyl groups excluding tert-OH is 1. The minimum Gasteiger partial charge on any atom is -0.391 e. The first-order valence-electron chi connectivity index (χ1n) is 6.23. The number of rotatable bonds is 1. The fourth-order valence-corrected chi connectivity index (χ4v) is 2.22. The maximum Gasteiger partial charge on any atom is 0.256 e. The molecule has 0 saturated carbocycles. The second-order valence-electron chi connectivity index (χ2n) is 5.02. The van der Waals surface area contributed by atoms with E-state index in [9.17, 15) is 14.3 Å². The fourth-order valence-electron chi connectivity index (χ4n) is 2.22. The van der Waals surface area contributed by atoms with Crippen molar-refractivity contribution in [2.45, 2.75) is 26.4 Å². The number of aliphatic hydroxyl groups is 1. The first-order chi connectivity index (χ1) is 8.50. The molecule has 3 nitrogen and oxygen atoms in total. The molecule has 1 aromatic rings. The number of β-amino-alcohol motifs (C(OH)–C–C–N with tert-alkyl or cyclic N) is 1. The molecule has 4 heteroatoms. The zero-order chi connectivity index (χ0) is 13.3. The van der Waals surface area contributed by atoms with E-state index in [2.05, 4.69) is 0 Å². The van der Waals surface area contributed by atoms with Gasteiger partial charge in [0.25, 0.3) is 5.91 Å². The van der Waals surface area contributed by atoms with Crippen molar-refractivity contribution in [1.29, 1.82) is 0 Å². The van der Waals surface area contributed by atoms with E-state index in [4.69, 9.17) is 0 Å². The molecule has 0 spiro atoms. The minimum atomic E-state index is -0.518. The fraction of sp³-hybridized carbons (Fsp3) is 0.500. The highest BCUT2D eigenvalue weighted by Crippen LogP contribution is 2.20. The van der Waals surface area contributed by atoms with E-state index in [0.29, 0.717) is 12.1 Å². The van der Waals surface area contributed by atoms with Crippen molar-refractivity contribution < 1.29 is 14.3 Å². The summed E-state index contributed by atoms with van der Waals surface area (Å²) >= 11 is 0. The molecular formula is C14H18FNO2. The van der Waals surface area contributed by atoms with Crippen LogP contribution in [0, 0.1) is 18.7 Å². The maximum atomic E-state index is 13.9. The van der Waals surface area contributed by atoms with Crippen LogP contribution < -0.4 is 0 Å². The highest BCUT2D eigenvalue weighted by molar-refractivity contribution is 5.94. The van der Waals surface area contributed by atoms with Gasteiger partial charge in [0, 0.05) is 13.1 Å². The van der Waals surface area contributed by atoms with Crippen LogP contribution >= 0.6 is 0 Å². The van der Waals surface area contributed by atoms with Crippen molar-refractivity contribution in [3.63, 3.8) is 0 Å². The molecule has 98 valence electrons. The third-order valence-corrected chi connectivity index (χ3v) is 3.63. The topological polar surface area (TPSA) is 40.5 Å². The first kappa shape index (κ1) is 13.0. The van der Waals surface area contributed by atoms with Crippen LogP contribution in [-0.2, 0) is 0 Å². The molecule has 0 radical (unpaired) electrons. The minimum absolute atomic E-state index is 0.0942. The highest BCUT2D eigenvalue weighted by Gasteiger charge is 2.29. The Balaban J connectivity index is 2.19. The van der Waals surface area contributed by atoms with E-state index in [0.717, 1.165) is 6.42 Å². The van der Waals surface area contributed by atoms with Gasteiger partial charge in [-0.1, -0.05) is 19.1 Å². The number of aryl methyl sites for hydroxylation is 1. The molecule has 1 amide bonds. The van der Waals surface area contributed by atoms with E-state index in [1.54, 1.807) is 19.1 Å². The Labute approximate surface area is 106 Å². The molecule has 18 heavy (non-hydrogen) atoms. The van der Waals surface area contributed by atoms with Gasteiger partial charge in [-0.2, -0.15) is 0 Å². The summed E-state index contributed by atoms with van der Waals surface area (Å²) in [6.45, 7) is 4.46. The molecule has 1 aliphatic heterocycles. The quantitative estimate of drug-likeness (QED) is 0.829. The predicted molar refractivity (Wildman–Crippen MR) is 66.8 cm³/mol. The molecule has 1 heterocycles. The monoisotopic (exact) mass is 251 g/mol. The molecule has 1 fully saturated rings. The van der Waals surface area contributed by atoms with E-state index in [1.807, 2.05) is 6.92 Å². The largest absolute Gasteiger partial charge is 0.391 e. The molecule has 1 N–H and O–H groups in total. The van der Waals surface area contributed by atoms with Gasteiger partial charge in [0.2, 0.25) is 0 Å². The average Bonchev–Trinajstić information content (AvgIpc) is 2.35. The molecule has 0 aromatic heterocycles. The lowest BCUT2D eigenvalue weighted by atomic mass is 9.95. The Morgan fingerprint density at radius 2 is 2.22 bits per heavy atom. The maximum absolute atomic E-state index is 13.9. The molecule has 1 saturated heterocycles. The Hall–Kier alpha value is -1.42. The number of hydrogen-bond donors (Lipinski definition) is 1. The van der Waals surface area contributed by atoms with Crippen LogP contribution in [0.1, 0.15) is 29.3 Å². The van der Waals surface area contributed by atoms with Crippen LogP contribution in [0.3, 0.4) is 0 Å². The number of nitrogens with zero attached hydrogens (tertiary/aromatic N) is 1. The summed E-state index contributed by atoms with van der Waals surface area (Å²) in [5.41, 5.74) is 0.559. The van der Waals surface area contributed by atoms with Gasteiger partial charge in [-0.25, -0.2) is 4.39 Å². The second kappa shape index (κ2) is 5.06. The van der Waals surface area contributed by atoms with E-state index < -0.39 is 11.9 Å². The van der Waals surface area contributed by atoms with Crippen LogP contribution in [0.2, 0.25) is 0 Å². The number of carbonyl (C=O) groups excluding carboxylic acids is 1. The third-order valence-electron chi connectivity index (χ3n) is 3.63. The van der Waals surface area contributed by atoms with Crippen molar-refractivity contribution >= 4 is 5.91 Å². The Bertz CT molecular complexity index is 461. The first-order valence-corrected chi connectivity index (χ1v) is 6.23. The molecule has 1 aromatic carbocycles. The van der Waals surface area contributed by atoms with E-state index in [-0.39, 0.29) is 23.9 Å². The van der Waals surface area contributed by atoms with Crippen LogP contribution in [0.15, 0.2) is 18.2 Å². The van der Waals surface area contributed by atoms with Crippen LogP contribution in [0.5, 0.6) is 0 Å². The van der Waals surface area contributed by atoms with Crippen molar-refractivity contribution in [3.05, 3.63) is 35.1 Å². The molecule has 2 atom stereocenters. The lowest BCUT2D eigenvalue weighted by Gasteiger charge is -2.34. The Morgan fingerprint density at radius 1 is 1.50 bits per heavy atom. The van der Waals surface area contributed by atoms with Gasteiger partial charge in [0.05, 0.1) is 11.7 Å². The zero-order valence-electron chi connectivity index (χ0n) is 10.7. The summed E-state index contributed by atoms with van der Waals surface area (Å²) in [5, 5.41) is 9.78. The van der Waals surface area contributed by atoms with Gasteiger partial charge in [-0.05, 0) is 30.9 Å². The number of carbonyl (C=O) groups is 1. The zero-order valence-corrected chi connectivity index (χ0v) is 10.7. The molecule has 0 bridgehead atoms. The average molecular weight is 251 g/mol. The number of amides is 1. The van der Waals surface area contributed by atoms with Gasteiger partial charge in [-0.15, -0.1) is 0 Å². The molecular weight excluding hydrogens is 233 g/mol. The summed E-state index contributed by atoms with van der Waals surface area (Å²) in [4.78, 5) is 13.7. The molecule has 0 aliphatic carbocycles. The van der Waals surface area contributed by atoms with Gasteiger partial charge >= 0.3 is 0 Å². The van der Waals surface area contributed by atoms with E-state index in [1.165, 1.54) is 11.0 Å². The van der Waals surface area contributed by atoms with Crippen molar-refractivity contribution in [3.8, 4) is 0 Å². The summed E-state index contributed by atoms with van der Waals surface area (Å²) < 4.78 is 13.9. The van der Waals surface area contributed by atoms with Crippen LogP contribution in [0.4, 0.5) is 4.39 Å². The van der Waals surface area contributed by atoms with Gasteiger partial charge in [0.15, 0.2) is 0 Å². The molecule has 2 unspecified atom stereocenters. The molecule has 1 aliphatic rings. The second-order valence-corrected chi connectivity index (χ2v) is 5.02. The Kier molecular flexibility index (Phi) is 3.66. The van der Waals surface area contributed by atoms with Crippen molar-refractivity contribution in [2.75, 3.05) is 13.1 Å². The SMILES string of the molecule is Cc1cccc(C(=O)N2CCC(C)C(O)C2)c1F. The van der Waals surface area contributed by atoms with Gasteiger partial charge in [-0.3, -0.25) is 4.79 Å². The lowest BCUT2D eigenvalue weighted by molar-refractivity contribution is 0.0246. The van der Waals surface area contributed by atoms with Crippen molar-refractivity contribution in [1.82, 2.24) is 4.90 Å². The number of likely N-dealkylation sites (tertiary alicyclic amines) is 1. The number of halogens is 1. The van der Waals surface area contributed by atoms with Crippen LogP contribution in [-0.4, -0.2) is 35.1 Å². The van der Waals surface area contributed by atoms with Crippen molar-refractivity contribution in [2.24, 2.45) is 5.92 Å². The number of benzene rings is 1. The highest BCUT2D eigenvalue weighted by atomic mass is 19.1. The lowest BCUT2D eigenvalue weighted by Crippen LogP contribution is -2.46. The Morgan fingerprint density at radius 3 is 2.89 bits per heavy atom. The molecule has 2 rings (SSSR count). The summed E-state index contributed by atoms with van der Waals surface area (Å²) in [6, 6.07) is 4.81. The third kappa shape index (κ3) is 2.38. The smallest absolute Gasteiger partial charge is 0.256 e. The number of piperidine rings is 1. The summed E-state index contributed by atoms with van der Waals surface area (Å²) in [7, 11) is 0. The van der Waals surface area contributed by atoms with Gasteiger partial charge < -0.3 is 10.0 Å². The normalized spacial score (nSPS) is 24.1. The van der Waals surface area contributed by atoms with Crippen LogP contribution in [0.25, 0.3) is 0 Å². The predicted octanol–water partition coefficient (Wildman–Crippen LogP) is 1.98. The summed E-state index contributed by atoms with van der Waals surface area (Å²) in [6.07, 6.45) is 0.232. The van der Waals surface area contributed by atoms with E-state index >= 15 is 0 Å².